The smallest absolute Gasteiger partial charge is 0.340 e. The molecule has 0 fully saturated rings. The molecule has 0 spiro atoms. The first kappa shape index (κ1) is 16.5. The summed E-state index contributed by atoms with van der Waals surface area (Å²) in [6.45, 7) is 1.95. The molecule has 8 heteroatoms. The Morgan fingerprint density at radius 1 is 1.26 bits per heavy atom. The molecule has 4 N–H and O–H groups in total. The molecule has 0 aliphatic rings. The second kappa shape index (κ2) is 7.39. The van der Waals surface area contributed by atoms with Gasteiger partial charge in [-0.3, -0.25) is 14.6 Å². The van der Waals surface area contributed by atoms with E-state index in [0.717, 1.165) is 6.42 Å². The summed E-state index contributed by atoms with van der Waals surface area (Å²) >= 11 is 0. The standard InChI is InChI=1S/C15H19N5O3/c1-3-4-11(14(22)16-2)17-13(21)10-7-5-9(6-8-10)12-18-15(23)20-19-12/h5-8,11H,3-4H2,1-2H3,(H,16,22)(H,17,21)(H2,18,19,20,23)/t11-/m1/s1. The van der Waals surface area contributed by atoms with Crippen LogP contribution in [0.15, 0.2) is 29.1 Å². The van der Waals surface area contributed by atoms with E-state index < -0.39 is 11.7 Å². The van der Waals surface area contributed by atoms with Crippen LogP contribution in [0.1, 0.15) is 30.1 Å². The molecular weight excluding hydrogens is 298 g/mol. The zero-order valence-electron chi connectivity index (χ0n) is 13.0. The summed E-state index contributed by atoms with van der Waals surface area (Å²) in [6, 6.07) is 6.03. The highest BCUT2D eigenvalue weighted by molar-refractivity contribution is 5.97. The first-order valence-corrected chi connectivity index (χ1v) is 7.32. The van der Waals surface area contributed by atoms with Gasteiger partial charge in [0.15, 0.2) is 5.82 Å². The van der Waals surface area contributed by atoms with Crippen LogP contribution in [0.4, 0.5) is 0 Å². The summed E-state index contributed by atoms with van der Waals surface area (Å²) in [7, 11) is 1.54. The Labute approximate surface area is 132 Å². The van der Waals surface area contributed by atoms with Crippen molar-refractivity contribution in [3.05, 3.63) is 40.3 Å². The molecule has 0 saturated heterocycles. The third kappa shape index (κ3) is 4.06. The fourth-order valence-electron chi connectivity index (χ4n) is 2.16. The Balaban J connectivity index is 2.10. The van der Waals surface area contributed by atoms with Crippen LogP contribution in [-0.4, -0.2) is 40.1 Å². The van der Waals surface area contributed by atoms with E-state index in [9.17, 15) is 14.4 Å². The lowest BCUT2D eigenvalue weighted by molar-refractivity contribution is -0.122. The number of carbonyl (C=O) groups is 2. The summed E-state index contributed by atoms with van der Waals surface area (Å²) in [6.07, 6.45) is 1.35. The molecule has 0 unspecified atom stereocenters. The molecule has 23 heavy (non-hydrogen) atoms. The quantitative estimate of drug-likeness (QED) is 0.616. The molecule has 1 aromatic carbocycles. The van der Waals surface area contributed by atoms with Gasteiger partial charge in [0.25, 0.3) is 5.91 Å². The number of hydrogen-bond acceptors (Lipinski definition) is 4. The van der Waals surface area contributed by atoms with Crippen LogP contribution in [0.25, 0.3) is 11.4 Å². The van der Waals surface area contributed by atoms with E-state index in [0.29, 0.717) is 23.4 Å². The molecule has 0 aliphatic carbocycles. The lowest BCUT2D eigenvalue weighted by Crippen LogP contribution is -2.45. The average Bonchev–Trinajstić information content (AvgIpc) is 3.00. The number of nitrogens with zero attached hydrogens (tertiary/aromatic N) is 1. The Hall–Kier alpha value is -2.90. The summed E-state index contributed by atoms with van der Waals surface area (Å²) in [5.74, 6) is -0.142. The predicted molar refractivity (Wildman–Crippen MR) is 84.9 cm³/mol. The molecule has 0 aliphatic heterocycles. The van der Waals surface area contributed by atoms with Crippen LogP contribution in [0, 0.1) is 0 Å². The monoisotopic (exact) mass is 317 g/mol. The number of amides is 2. The first-order valence-electron chi connectivity index (χ1n) is 7.32. The van der Waals surface area contributed by atoms with E-state index in [-0.39, 0.29) is 11.8 Å². The Morgan fingerprint density at radius 3 is 2.48 bits per heavy atom. The van der Waals surface area contributed by atoms with Crippen molar-refractivity contribution in [3.8, 4) is 11.4 Å². The summed E-state index contributed by atoms with van der Waals surface area (Å²) < 4.78 is 0. The van der Waals surface area contributed by atoms with Gasteiger partial charge in [-0.25, -0.2) is 9.89 Å². The molecule has 2 rings (SSSR count). The normalized spacial score (nSPS) is 11.7. The maximum absolute atomic E-state index is 12.2. The molecule has 2 amide bonds. The van der Waals surface area contributed by atoms with Gasteiger partial charge < -0.3 is 10.6 Å². The van der Waals surface area contributed by atoms with Gasteiger partial charge in [0.1, 0.15) is 6.04 Å². The average molecular weight is 317 g/mol. The molecule has 1 heterocycles. The van der Waals surface area contributed by atoms with Crippen molar-refractivity contribution in [1.82, 2.24) is 25.8 Å². The molecule has 0 saturated carbocycles. The van der Waals surface area contributed by atoms with Crippen LogP contribution in [-0.2, 0) is 4.79 Å². The van der Waals surface area contributed by atoms with Crippen molar-refractivity contribution < 1.29 is 9.59 Å². The van der Waals surface area contributed by atoms with Gasteiger partial charge in [-0.1, -0.05) is 25.5 Å². The third-order valence-corrected chi connectivity index (χ3v) is 3.37. The summed E-state index contributed by atoms with van der Waals surface area (Å²) in [4.78, 5) is 37.5. The second-order valence-corrected chi connectivity index (χ2v) is 5.03. The number of rotatable bonds is 6. The van der Waals surface area contributed by atoms with Crippen LogP contribution >= 0.6 is 0 Å². The number of H-pyrrole nitrogens is 2. The van der Waals surface area contributed by atoms with E-state index in [1.165, 1.54) is 7.05 Å². The Bertz CT molecular complexity index is 732. The van der Waals surface area contributed by atoms with Crippen molar-refractivity contribution in [2.45, 2.75) is 25.8 Å². The predicted octanol–water partition coefficient (Wildman–Crippen LogP) is 0.410. The summed E-state index contributed by atoms with van der Waals surface area (Å²) in [5.41, 5.74) is 0.711. The minimum atomic E-state index is -0.556. The highest BCUT2D eigenvalue weighted by Crippen LogP contribution is 2.14. The topological polar surface area (TPSA) is 120 Å². The fraction of sp³-hybridized carbons (Fsp3) is 0.333. The Morgan fingerprint density at radius 2 is 1.96 bits per heavy atom. The summed E-state index contributed by atoms with van der Waals surface area (Å²) in [5, 5.41) is 11.4. The van der Waals surface area contributed by atoms with Gasteiger partial charge in [-0.05, 0) is 18.6 Å². The fourth-order valence-corrected chi connectivity index (χ4v) is 2.16. The molecule has 122 valence electrons. The maximum Gasteiger partial charge on any atom is 0.340 e. The van der Waals surface area contributed by atoms with E-state index in [1.54, 1.807) is 24.3 Å². The van der Waals surface area contributed by atoms with Crippen LogP contribution in [0.2, 0.25) is 0 Å². The number of benzene rings is 1. The minimum Gasteiger partial charge on any atom is -0.357 e. The Kier molecular flexibility index (Phi) is 5.29. The molecule has 2 aromatic rings. The van der Waals surface area contributed by atoms with Gasteiger partial charge in [0, 0.05) is 18.2 Å². The van der Waals surface area contributed by atoms with Crippen molar-refractivity contribution >= 4 is 11.8 Å². The molecule has 0 bridgehead atoms. The molecule has 1 aromatic heterocycles. The van der Waals surface area contributed by atoms with Gasteiger partial charge in [0.2, 0.25) is 5.91 Å². The van der Waals surface area contributed by atoms with Crippen molar-refractivity contribution in [1.29, 1.82) is 0 Å². The zero-order chi connectivity index (χ0) is 16.8. The number of carbonyl (C=O) groups excluding carboxylic acids is 2. The van der Waals surface area contributed by atoms with Crippen molar-refractivity contribution in [3.63, 3.8) is 0 Å². The largest absolute Gasteiger partial charge is 0.357 e. The lowest BCUT2D eigenvalue weighted by Gasteiger charge is -2.16. The maximum atomic E-state index is 12.2. The molecule has 1 atom stereocenters. The van der Waals surface area contributed by atoms with Gasteiger partial charge in [-0.2, -0.15) is 5.10 Å². The molecule has 8 nitrogen and oxygen atoms in total. The molecular formula is C15H19N5O3. The van der Waals surface area contributed by atoms with E-state index in [2.05, 4.69) is 25.8 Å². The first-order chi connectivity index (χ1) is 11.0. The zero-order valence-corrected chi connectivity index (χ0v) is 13.0. The lowest BCUT2D eigenvalue weighted by atomic mass is 10.1. The van der Waals surface area contributed by atoms with Gasteiger partial charge in [-0.15, -0.1) is 0 Å². The van der Waals surface area contributed by atoms with Gasteiger partial charge >= 0.3 is 5.69 Å². The number of aromatic nitrogens is 3. The van der Waals surface area contributed by atoms with Crippen LogP contribution < -0.4 is 16.3 Å². The highest BCUT2D eigenvalue weighted by Gasteiger charge is 2.19. The van der Waals surface area contributed by atoms with E-state index in [4.69, 9.17) is 0 Å². The number of nitrogens with one attached hydrogen (secondary N) is 4. The molecule has 0 radical (unpaired) electrons. The number of aromatic amines is 2. The van der Waals surface area contributed by atoms with Crippen molar-refractivity contribution in [2.75, 3.05) is 7.05 Å². The number of likely N-dealkylation sites (N-methyl/N-ethyl adjacent to an activating group) is 1. The highest BCUT2D eigenvalue weighted by atomic mass is 16.2. The SMILES string of the molecule is CCC[C@@H](NC(=O)c1ccc(-c2n[nH]c(=O)[nH]2)cc1)C(=O)NC. The van der Waals surface area contributed by atoms with Crippen LogP contribution in [0.5, 0.6) is 0 Å². The third-order valence-electron chi connectivity index (χ3n) is 3.37. The minimum absolute atomic E-state index is 0.217. The van der Waals surface area contributed by atoms with Crippen molar-refractivity contribution in [2.24, 2.45) is 0 Å². The number of hydrogen-bond donors (Lipinski definition) is 4. The van der Waals surface area contributed by atoms with Gasteiger partial charge in [0.05, 0.1) is 0 Å². The van der Waals surface area contributed by atoms with E-state index in [1.807, 2.05) is 6.92 Å². The second-order valence-electron chi connectivity index (χ2n) is 5.03. The van der Waals surface area contributed by atoms with Crippen LogP contribution in [0.3, 0.4) is 0 Å². The van der Waals surface area contributed by atoms with E-state index >= 15 is 0 Å².